The molecule has 3 rings (SSSR count). The second-order valence-electron chi connectivity index (χ2n) is 6.60. The van der Waals surface area contributed by atoms with E-state index in [0.29, 0.717) is 44.0 Å². The minimum Gasteiger partial charge on any atom is -0.364 e. The number of hydrogen-bond acceptors (Lipinski definition) is 5. The van der Waals surface area contributed by atoms with Crippen molar-refractivity contribution < 1.29 is 17.9 Å². The Bertz CT molecular complexity index is 712. The van der Waals surface area contributed by atoms with Crippen LogP contribution >= 0.6 is 0 Å². The number of benzene rings is 1. The summed E-state index contributed by atoms with van der Waals surface area (Å²) < 4.78 is 32.5. The fourth-order valence-corrected chi connectivity index (χ4v) is 4.69. The summed E-state index contributed by atoms with van der Waals surface area (Å²) >= 11 is 0. The van der Waals surface area contributed by atoms with Gasteiger partial charge in [-0.25, -0.2) is 8.42 Å². The number of sulfonamides is 1. The Labute approximate surface area is 148 Å². The van der Waals surface area contributed by atoms with Gasteiger partial charge in [-0.2, -0.15) is 4.31 Å². The second-order valence-corrected chi connectivity index (χ2v) is 8.54. The average molecular weight is 367 g/mol. The molecule has 2 aliphatic rings. The highest BCUT2D eigenvalue weighted by Gasteiger charge is 2.36. The van der Waals surface area contributed by atoms with Crippen LogP contribution in [0.3, 0.4) is 0 Å². The summed E-state index contributed by atoms with van der Waals surface area (Å²) in [5.74, 6) is -0.0525. The topological polar surface area (TPSA) is 92.9 Å². The zero-order valence-corrected chi connectivity index (χ0v) is 15.2. The third kappa shape index (κ3) is 3.87. The third-order valence-corrected chi connectivity index (χ3v) is 6.77. The van der Waals surface area contributed by atoms with Crippen molar-refractivity contribution >= 4 is 15.9 Å². The van der Waals surface area contributed by atoms with Crippen LogP contribution in [0.4, 0.5) is 0 Å². The second kappa shape index (κ2) is 7.41. The first-order valence-electron chi connectivity index (χ1n) is 8.63. The van der Waals surface area contributed by atoms with Crippen LogP contribution in [-0.2, 0) is 19.6 Å². The number of ether oxygens (including phenoxy) is 1. The summed E-state index contributed by atoms with van der Waals surface area (Å²) in [4.78, 5) is 14.5. The van der Waals surface area contributed by atoms with Gasteiger partial charge in [-0.15, -0.1) is 0 Å². The van der Waals surface area contributed by atoms with Crippen LogP contribution < -0.4 is 5.73 Å². The molecule has 0 unspecified atom stereocenters. The number of rotatable bonds is 4. The number of amides is 1. The van der Waals surface area contributed by atoms with Gasteiger partial charge in [-0.1, -0.05) is 17.7 Å². The molecule has 2 aliphatic heterocycles. The molecular weight excluding hydrogens is 342 g/mol. The fraction of sp³-hybridized carbons (Fsp3) is 0.588. The zero-order valence-electron chi connectivity index (χ0n) is 14.4. The lowest BCUT2D eigenvalue weighted by molar-refractivity contribution is -0.143. The van der Waals surface area contributed by atoms with Crippen LogP contribution in [0.1, 0.15) is 18.4 Å². The van der Waals surface area contributed by atoms with E-state index in [0.717, 1.165) is 12.0 Å². The van der Waals surface area contributed by atoms with E-state index in [1.807, 2.05) is 6.92 Å². The Hall–Kier alpha value is -1.48. The van der Waals surface area contributed by atoms with E-state index in [2.05, 4.69) is 0 Å². The summed E-state index contributed by atoms with van der Waals surface area (Å²) in [5.41, 5.74) is 6.60. The molecule has 0 radical (unpaired) electrons. The lowest BCUT2D eigenvalue weighted by Gasteiger charge is -2.35. The van der Waals surface area contributed by atoms with Crippen molar-refractivity contribution in [3.8, 4) is 0 Å². The van der Waals surface area contributed by atoms with Crippen LogP contribution in [0.5, 0.6) is 0 Å². The Morgan fingerprint density at radius 2 is 1.80 bits per heavy atom. The largest absolute Gasteiger partial charge is 0.364 e. The summed E-state index contributed by atoms with van der Waals surface area (Å²) in [5, 5.41) is 0. The molecule has 2 atom stereocenters. The van der Waals surface area contributed by atoms with Crippen molar-refractivity contribution in [2.45, 2.75) is 36.9 Å². The van der Waals surface area contributed by atoms with Crippen molar-refractivity contribution in [1.29, 1.82) is 0 Å². The Balaban J connectivity index is 1.60. The molecule has 0 bridgehead atoms. The van der Waals surface area contributed by atoms with Gasteiger partial charge in [0.05, 0.1) is 11.0 Å². The van der Waals surface area contributed by atoms with Gasteiger partial charge in [0, 0.05) is 32.7 Å². The molecule has 2 N–H and O–H groups in total. The normalized spacial score (nSPS) is 25.3. The molecular formula is C17H25N3O4S. The molecule has 138 valence electrons. The van der Waals surface area contributed by atoms with Gasteiger partial charge in [0.2, 0.25) is 10.0 Å². The maximum atomic E-state index is 12.7. The van der Waals surface area contributed by atoms with E-state index in [1.54, 1.807) is 29.2 Å². The predicted molar refractivity (Wildman–Crippen MR) is 93.5 cm³/mol. The van der Waals surface area contributed by atoms with Gasteiger partial charge in [0.1, 0.15) is 6.10 Å². The van der Waals surface area contributed by atoms with Crippen LogP contribution in [-0.4, -0.2) is 68.5 Å². The monoisotopic (exact) mass is 367 g/mol. The molecule has 2 fully saturated rings. The Kier molecular flexibility index (Phi) is 5.43. The van der Waals surface area contributed by atoms with Crippen molar-refractivity contribution in [2.75, 3.05) is 32.7 Å². The molecule has 7 nitrogen and oxygen atoms in total. The zero-order chi connectivity index (χ0) is 18.0. The van der Waals surface area contributed by atoms with E-state index in [4.69, 9.17) is 10.5 Å². The number of carbonyl (C=O) groups excluding carboxylic acids is 1. The van der Waals surface area contributed by atoms with Crippen molar-refractivity contribution in [1.82, 2.24) is 9.21 Å². The first-order valence-corrected chi connectivity index (χ1v) is 10.1. The van der Waals surface area contributed by atoms with Crippen molar-refractivity contribution in [3.05, 3.63) is 29.8 Å². The lowest BCUT2D eigenvalue weighted by Crippen LogP contribution is -2.52. The number of nitrogens with zero attached hydrogens (tertiary/aromatic N) is 2. The molecule has 1 aromatic rings. The molecule has 1 amide bonds. The van der Waals surface area contributed by atoms with Crippen LogP contribution in [0.15, 0.2) is 29.2 Å². The molecule has 2 saturated heterocycles. The Morgan fingerprint density at radius 1 is 1.16 bits per heavy atom. The first-order chi connectivity index (χ1) is 11.9. The first kappa shape index (κ1) is 18.3. The average Bonchev–Trinajstić information content (AvgIpc) is 3.11. The molecule has 2 heterocycles. The summed E-state index contributed by atoms with van der Waals surface area (Å²) in [6.45, 7) is 3.71. The summed E-state index contributed by atoms with van der Waals surface area (Å²) in [6, 6.07) is 6.83. The number of carbonyl (C=O) groups is 1. The highest BCUT2D eigenvalue weighted by Crippen LogP contribution is 2.23. The van der Waals surface area contributed by atoms with E-state index >= 15 is 0 Å². The van der Waals surface area contributed by atoms with Crippen LogP contribution in [0.2, 0.25) is 0 Å². The van der Waals surface area contributed by atoms with Crippen LogP contribution in [0, 0.1) is 6.92 Å². The van der Waals surface area contributed by atoms with E-state index in [-0.39, 0.29) is 12.0 Å². The standard InChI is InChI=1S/C17H25N3O4S/c1-13-2-5-15(6-3-13)25(22,23)20-10-8-19(9-11-20)17(21)16-7-4-14(12-18)24-16/h2-3,5-6,14,16H,4,7-12,18H2,1H3/t14-,16+/m1/s1. The molecule has 0 aliphatic carbocycles. The summed E-state index contributed by atoms with van der Waals surface area (Å²) in [6.07, 6.45) is 1.00. The van der Waals surface area contributed by atoms with Gasteiger partial charge in [-0.3, -0.25) is 4.79 Å². The lowest BCUT2D eigenvalue weighted by atomic mass is 10.1. The molecule has 0 spiro atoms. The number of piperazine rings is 1. The van der Waals surface area contributed by atoms with Crippen molar-refractivity contribution in [2.24, 2.45) is 5.73 Å². The van der Waals surface area contributed by atoms with Gasteiger partial charge in [-0.05, 0) is 31.9 Å². The Morgan fingerprint density at radius 3 is 2.36 bits per heavy atom. The predicted octanol–water partition coefficient (Wildman–Crippen LogP) is 0.334. The summed E-state index contributed by atoms with van der Waals surface area (Å²) in [7, 11) is -3.51. The van der Waals surface area contributed by atoms with Gasteiger partial charge in [0.25, 0.3) is 5.91 Å². The van der Waals surface area contributed by atoms with Gasteiger partial charge in [0.15, 0.2) is 0 Å². The highest BCUT2D eigenvalue weighted by atomic mass is 32.2. The fourth-order valence-electron chi connectivity index (χ4n) is 3.27. The highest BCUT2D eigenvalue weighted by molar-refractivity contribution is 7.89. The minimum atomic E-state index is -3.51. The number of hydrogen-bond donors (Lipinski definition) is 1. The minimum absolute atomic E-state index is 0.0443. The SMILES string of the molecule is Cc1ccc(S(=O)(=O)N2CCN(C(=O)[C@@H]3CC[C@H](CN)O3)CC2)cc1. The van der Waals surface area contributed by atoms with Gasteiger partial charge >= 0.3 is 0 Å². The molecule has 1 aromatic carbocycles. The molecule has 8 heteroatoms. The number of aryl methyl sites for hydroxylation is 1. The van der Waals surface area contributed by atoms with E-state index in [1.165, 1.54) is 4.31 Å². The van der Waals surface area contributed by atoms with Gasteiger partial charge < -0.3 is 15.4 Å². The molecule has 25 heavy (non-hydrogen) atoms. The third-order valence-electron chi connectivity index (χ3n) is 4.85. The van der Waals surface area contributed by atoms with E-state index < -0.39 is 16.1 Å². The smallest absolute Gasteiger partial charge is 0.251 e. The maximum absolute atomic E-state index is 12.7. The number of nitrogens with two attached hydrogens (primary N) is 1. The maximum Gasteiger partial charge on any atom is 0.251 e. The quantitative estimate of drug-likeness (QED) is 0.828. The van der Waals surface area contributed by atoms with Crippen LogP contribution in [0.25, 0.3) is 0 Å². The van der Waals surface area contributed by atoms with E-state index in [9.17, 15) is 13.2 Å². The molecule has 0 saturated carbocycles. The molecule has 0 aromatic heterocycles. The van der Waals surface area contributed by atoms with Crippen molar-refractivity contribution in [3.63, 3.8) is 0 Å².